The molecule has 0 aliphatic heterocycles. The Kier molecular flexibility index (Phi) is 7.18. The molecule has 1 rings (SSSR count). The number of nitrogens with one attached hydrogen (secondary N) is 1. The zero-order valence-corrected chi connectivity index (χ0v) is 18.5. The molecule has 0 saturated carbocycles. The first-order valence-electron chi connectivity index (χ1n) is 9.37. The van der Waals surface area contributed by atoms with E-state index in [1.165, 1.54) is 12.1 Å². The minimum atomic E-state index is -0.751. The van der Waals surface area contributed by atoms with Crippen LogP contribution in [0.25, 0.3) is 0 Å². The molecule has 1 aromatic rings. The molecule has 0 atom stereocenters. The SMILES string of the molecule is CC(C)(C)NCC(=O)c1ccc(OC(=O)C(C)(C)C)c(OC(=O)C(C)(C)C)c1. The maximum atomic E-state index is 12.5. The van der Waals surface area contributed by atoms with E-state index >= 15 is 0 Å². The van der Waals surface area contributed by atoms with Crippen LogP contribution in [0.5, 0.6) is 11.5 Å². The largest absolute Gasteiger partial charge is 0.422 e. The first-order valence-corrected chi connectivity index (χ1v) is 9.37. The highest BCUT2D eigenvalue weighted by atomic mass is 16.6. The molecule has 1 N–H and O–H groups in total. The van der Waals surface area contributed by atoms with Crippen molar-refractivity contribution in [3.63, 3.8) is 0 Å². The number of carbonyl (C=O) groups excluding carboxylic acids is 3. The molecular formula is C22H33NO5. The highest BCUT2D eigenvalue weighted by Crippen LogP contribution is 2.32. The second-order valence-corrected chi connectivity index (χ2v) is 9.97. The van der Waals surface area contributed by atoms with Crippen LogP contribution in [-0.2, 0) is 9.59 Å². The predicted octanol–water partition coefficient (Wildman–Crippen LogP) is 4.16. The summed E-state index contributed by atoms with van der Waals surface area (Å²) in [5, 5.41) is 3.13. The van der Waals surface area contributed by atoms with Crippen molar-refractivity contribution in [3.8, 4) is 11.5 Å². The smallest absolute Gasteiger partial charge is 0.316 e. The van der Waals surface area contributed by atoms with Gasteiger partial charge in [-0.1, -0.05) is 0 Å². The summed E-state index contributed by atoms with van der Waals surface area (Å²) in [6.07, 6.45) is 0. The van der Waals surface area contributed by atoms with E-state index < -0.39 is 22.8 Å². The Balaban J connectivity index is 3.21. The van der Waals surface area contributed by atoms with Crippen molar-refractivity contribution >= 4 is 17.7 Å². The van der Waals surface area contributed by atoms with Gasteiger partial charge in [0.15, 0.2) is 17.3 Å². The van der Waals surface area contributed by atoms with E-state index in [-0.39, 0.29) is 29.4 Å². The van der Waals surface area contributed by atoms with Crippen LogP contribution in [0.15, 0.2) is 18.2 Å². The lowest BCUT2D eigenvalue weighted by atomic mass is 9.97. The number of ketones is 1. The Morgan fingerprint density at radius 2 is 1.25 bits per heavy atom. The average molecular weight is 392 g/mol. The van der Waals surface area contributed by atoms with E-state index in [0.29, 0.717) is 5.56 Å². The molecule has 6 nitrogen and oxygen atoms in total. The summed E-state index contributed by atoms with van der Waals surface area (Å²) < 4.78 is 10.9. The van der Waals surface area contributed by atoms with Crippen LogP contribution in [0, 0.1) is 10.8 Å². The molecular weight excluding hydrogens is 358 g/mol. The maximum Gasteiger partial charge on any atom is 0.316 e. The summed E-state index contributed by atoms with van der Waals surface area (Å²) in [6, 6.07) is 4.49. The van der Waals surface area contributed by atoms with Gasteiger partial charge in [-0.05, 0) is 80.5 Å². The Labute approximate surface area is 168 Å². The van der Waals surface area contributed by atoms with Crippen molar-refractivity contribution in [2.75, 3.05) is 6.54 Å². The summed E-state index contributed by atoms with van der Waals surface area (Å²) >= 11 is 0. The normalized spacial score (nSPS) is 12.5. The number of ether oxygens (including phenoxy) is 2. The molecule has 0 saturated heterocycles. The molecule has 28 heavy (non-hydrogen) atoms. The molecule has 156 valence electrons. The molecule has 1 aromatic carbocycles. The quantitative estimate of drug-likeness (QED) is 0.461. The Hall–Kier alpha value is -2.21. The van der Waals surface area contributed by atoms with Crippen LogP contribution in [0.1, 0.15) is 72.7 Å². The predicted molar refractivity (Wildman–Crippen MR) is 109 cm³/mol. The van der Waals surface area contributed by atoms with Crippen molar-refractivity contribution in [2.24, 2.45) is 10.8 Å². The third kappa shape index (κ3) is 7.43. The minimum Gasteiger partial charge on any atom is -0.422 e. The van der Waals surface area contributed by atoms with Crippen molar-refractivity contribution in [3.05, 3.63) is 23.8 Å². The summed E-state index contributed by atoms with van der Waals surface area (Å²) in [7, 11) is 0. The third-order valence-corrected chi connectivity index (χ3v) is 3.68. The second kappa shape index (κ2) is 8.43. The fraction of sp³-hybridized carbons (Fsp3) is 0.591. The zero-order valence-electron chi connectivity index (χ0n) is 18.5. The summed E-state index contributed by atoms with van der Waals surface area (Å²) in [6.45, 7) is 16.4. The van der Waals surface area contributed by atoms with Gasteiger partial charge in [0.25, 0.3) is 0 Å². The Morgan fingerprint density at radius 3 is 1.68 bits per heavy atom. The fourth-order valence-corrected chi connectivity index (χ4v) is 1.80. The van der Waals surface area contributed by atoms with Gasteiger partial charge in [0.2, 0.25) is 0 Å². The molecule has 0 amide bonds. The molecule has 6 heteroatoms. The van der Waals surface area contributed by atoms with Crippen LogP contribution >= 0.6 is 0 Å². The van der Waals surface area contributed by atoms with Crippen LogP contribution < -0.4 is 14.8 Å². The molecule has 0 aliphatic rings. The van der Waals surface area contributed by atoms with Gasteiger partial charge in [-0.2, -0.15) is 0 Å². The average Bonchev–Trinajstić information content (AvgIpc) is 2.51. The molecule has 0 unspecified atom stereocenters. The van der Waals surface area contributed by atoms with Crippen molar-refractivity contribution in [2.45, 2.75) is 67.9 Å². The van der Waals surface area contributed by atoms with E-state index in [2.05, 4.69) is 5.32 Å². The number of hydrogen-bond acceptors (Lipinski definition) is 6. The Bertz CT molecular complexity index is 746. The van der Waals surface area contributed by atoms with Crippen LogP contribution in [0.4, 0.5) is 0 Å². The first kappa shape index (κ1) is 23.8. The lowest BCUT2D eigenvalue weighted by Gasteiger charge is -2.21. The molecule has 0 aliphatic carbocycles. The zero-order chi connectivity index (χ0) is 21.9. The standard InChI is InChI=1S/C22H33NO5/c1-20(2,3)18(25)27-16-11-10-14(15(24)13-23-22(7,8)9)12-17(16)28-19(26)21(4,5)6/h10-12,23H,13H2,1-9H3. The molecule has 0 fully saturated rings. The van der Waals surface area contributed by atoms with Gasteiger partial charge >= 0.3 is 11.9 Å². The molecule has 0 aromatic heterocycles. The van der Waals surface area contributed by atoms with Crippen LogP contribution in [-0.4, -0.2) is 29.8 Å². The van der Waals surface area contributed by atoms with E-state index in [4.69, 9.17) is 9.47 Å². The third-order valence-electron chi connectivity index (χ3n) is 3.68. The molecule has 0 spiro atoms. The van der Waals surface area contributed by atoms with Crippen molar-refractivity contribution < 1.29 is 23.9 Å². The van der Waals surface area contributed by atoms with Crippen molar-refractivity contribution in [1.82, 2.24) is 5.32 Å². The topological polar surface area (TPSA) is 81.7 Å². The highest BCUT2D eigenvalue weighted by Gasteiger charge is 2.28. The molecule has 0 bridgehead atoms. The lowest BCUT2D eigenvalue weighted by molar-refractivity contribution is -0.145. The second-order valence-electron chi connectivity index (χ2n) is 9.97. The van der Waals surface area contributed by atoms with Gasteiger partial charge in [0, 0.05) is 11.1 Å². The van der Waals surface area contributed by atoms with E-state index in [1.54, 1.807) is 47.6 Å². The van der Waals surface area contributed by atoms with Gasteiger partial charge in [-0.3, -0.25) is 14.4 Å². The van der Waals surface area contributed by atoms with Gasteiger partial charge in [-0.15, -0.1) is 0 Å². The number of Topliss-reactive ketones (excluding diaryl/α,β-unsaturated/α-hetero) is 1. The monoisotopic (exact) mass is 391 g/mol. The molecule has 0 heterocycles. The summed E-state index contributed by atoms with van der Waals surface area (Å²) in [5.41, 5.74) is -1.32. The first-order chi connectivity index (χ1) is 12.5. The number of benzene rings is 1. The number of esters is 2. The van der Waals surface area contributed by atoms with Gasteiger partial charge in [-0.25, -0.2) is 0 Å². The summed E-state index contributed by atoms with van der Waals surface area (Å²) in [4.78, 5) is 37.1. The molecule has 0 radical (unpaired) electrons. The lowest BCUT2D eigenvalue weighted by Crippen LogP contribution is -2.39. The number of rotatable bonds is 5. The Morgan fingerprint density at radius 1 is 0.786 bits per heavy atom. The highest BCUT2D eigenvalue weighted by molar-refractivity contribution is 5.98. The van der Waals surface area contributed by atoms with Gasteiger partial charge in [0.1, 0.15) is 0 Å². The van der Waals surface area contributed by atoms with Gasteiger partial charge in [0.05, 0.1) is 17.4 Å². The maximum absolute atomic E-state index is 12.5. The van der Waals surface area contributed by atoms with Gasteiger partial charge < -0.3 is 14.8 Å². The minimum absolute atomic E-state index is 0.0548. The number of hydrogen-bond donors (Lipinski definition) is 1. The number of carbonyl (C=O) groups is 3. The van der Waals surface area contributed by atoms with E-state index in [1.807, 2.05) is 20.8 Å². The van der Waals surface area contributed by atoms with Crippen LogP contribution in [0.2, 0.25) is 0 Å². The van der Waals surface area contributed by atoms with E-state index in [0.717, 1.165) is 0 Å². The fourth-order valence-electron chi connectivity index (χ4n) is 1.80. The van der Waals surface area contributed by atoms with Crippen molar-refractivity contribution in [1.29, 1.82) is 0 Å². The van der Waals surface area contributed by atoms with E-state index in [9.17, 15) is 14.4 Å². The van der Waals surface area contributed by atoms with Crippen LogP contribution in [0.3, 0.4) is 0 Å². The summed E-state index contributed by atoms with van der Waals surface area (Å²) in [5.74, 6) is -0.944.